The maximum atomic E-state index is 3.46. The average Bonchev–Trinajstić information content (AvgIpc) is 2.33. The minimum Gasteiger partial charge on any atom is -0.312 e. The van der Waals surface area contributed by atoms with Crippen LogP contribution >= 0.6 is 0 Å². The van der Waals surface area contributed by atoms with Crippen LogP contribution in [-0.4, -0.2) is 19.1 Å². The predicted octanol–water partition coefficient (Wildman–Crippen LogP) is 0.264. The molecule has 2 heterocycles. The van der Waals surface area contributed by atoms with E-state index in [1.807, 2.05) is 0 Å². The molecule has 51 valence electrons. The van der Waals surface area contributed by atoms with Gasteiger partial charge in [-0.05, 0) is 32.4 Å². The number of fused-ring (bicyclic) bond motifs is 1. The summed E-state index contributed by atoms with van der Waals surface area (Å²) < 4.78 is 0. The van der Waals surface area contributed by atoms with E-state index < -0.39 is 0 Å². The van der Waals surface area contributed by atoms with Crippen LogP contribution in [0.25, 0.3) is 0 Å². The van der Waals surface area contributed by atoms with Crippen molar-refractivity contribution in [1.29, 1.82) is 0 Å². The molecule has 2 heteroatoms. The quantitative estimate of drug-likeness (QED) is 0.485. The average molecular weight is 125 g/mol. The molecule has 2 saturated heterocycles. The molecule has 2 aliphatic heterocycles. The highest BCUT2D eigenvalue weighted by atomic mass is 15.1. The van der Waals surface area contributed by atoms with Gasteiger partial charge in [-0.15, -0.1) is 0 Å². The lowest BCUT2D eigenvalue weighted by atomic mass is 10.0. The Kier molecular flexibility index (Phi) is 1.44. The SMILES string of the molecule is C1CN[C]2CCNC2C1. The first-order chi connectivity index (χ1) is 4.47. The molecule has 9 heavy (non-hydrogen) atoms. The molecule has 1 atom stereocenters. The van der Waals surface area contributed by atoms with Crippen LogP contribution in [0, 0.1) is 6.04 Å². The maximum absolute atomic E-state index is 3.46. The summed E-state index contributed by atoms with van der Waals surface area (Å²) in [6.45, 7) is 2.39. The van der Waals surface area contributed by atoms with Gasteiger partial charge in [0.25, 0.3) is 0 Å². The van der Waals surface area contributed by atoms with Crippen molar-refractivity contribution < 1.29 is 0 Å². The zero-order valence-electron chi connectivity index (χ0n) is 5.61. The molecule has 2 N–H and O–H groups in total. The van der Waals surface area contributed by atoms with E-state index in [1.165, 1.54) is 32.4 Å². The van der Waals surface area contributed by atoms with Gasteiger partial charge < -0.3 is 10.6 Å². The lowest BCUT2D eigenvalue weighted by Crippen LogP contribution is -2.39. The molecule has 1 radical (unpaired) electrons. The molecule has 2 rings (SSSR count). The van der Waals surface area contributed by atoms with E-state index in [9.17, 15) is 0 Å². The smallest absolute Gasteiger partial charge is 0.0547 e. The predicted molar refractivity (Wildman–Crippen MR) is 36.9 cm³/mol. The summed E-state index contributed by atoms with van der Waals surface area (Å²) in [4.78, 5) is 0. The number of rotatable bonds is 0. The summed E-state index contributed by atoms with van der Waals surface area (Å²) in [5.41, 5.74) is 0. The summed E-state index contributed by atoms with van der Waals surface area (Å²) >= 11 is 0. The van der Waals surface area contributed by atoms with Gasteiger partial charge in [0, 0.05) is 6.04 Å². The van der Waals surface area contributed by atoms with Crippen molar-refractivity contribution in [1.82, 2.24) is 10.6 Å². The fourth-order valence-electron chi connectivity index (χ4n) is 1.72. The van der Waals surface area contributed by atoms with Gasteiger partial charge in [-0.3, -0.25) is 0 Å². The van der Waals surface area contributed by atoms with Crippen LogP contribution in [0.4, 0.5) is 0 Å². The van der Waals surface area contributed by atoms with E-state index in [0.717, 1.165) is 6.04 Å². The third kappa shape index (κ3) is 0.970. The van der Waals surface area contributed by atoms with Crippen LogP contribution in [0.1, 0.15) is 19.3 Å². The van der Waals surface area contributed by atoms with Gasteiger partial charge in [0.2, 0.25) is 0 Å². The van der Waals surface area contributed by atoms with Crippen LogP contribution in [-0.2, 0) is 0 Å². The van der Waals surface area contributed by atoms with Crippen LogP contribution < -0.4 is 10.6 Å². The summed E-state index contributed by atoms with van der Waals surface area (Å²) in [6, 6.07) is 2.28. The number of hydrogen-bond donors (Lipinski definition) is 2. The van der Waals surface area contributed by atoms with Crippen LogP contribution in [0.2, 0.25) is 0 Å². The topological polar surface area (TPSA) is 24.1 Å². The highest BCUT2D eigenvalue weighted by molar-refractivity contribution is 5.06. The number of hydrogen-bond acceptors (Lipinski definition) is 2. The Labute approximate surface area is 56.0 Å². The lowest BCUT2D eigenvalue weighted by Gasteiger charge is -2.24. The third-order valence-electron chi connectivity index (χ3n) is 2.23. The summed E-state index contributed by atoms with van der Waals surface area (Å²) in [6.07, 6.45) is 3.94. The van der Waals surface area contributed by atoms with E-state index in [-0.39, 0.29) is 0 Å². The van der Waals surface area contributed by atoms with Crippen LogP contribution in [0.5, 0.6) is 0 Å². The molecule has 2 aliphatic rings. The van der Waals surface area contributed by atoms with Crippen molar-refractivity contribution >= 4 is 0 Å². The standard InChI is InChI=1S/C7H13N2/c1-2-6-7(8-4-1)3-5-9-6/h6,8-9H,1-5H2. The van der Waals surface area contributed by atoms with Gasteiger partial charge in [-0.25, -0.2) is 0 Å². The Balaban J connectivity index is 1.97. The van der Waals surface area contributed by atoms with Crippen LogP contribution in [0.15, 0.2) is 0 Å². The maximum Gasteiger partial charge on any atom is 0.0547 e. The molecular formula is C7H13N2. The first-order valence-electron chi connectivity index (χ1n) is 3.80. The Morgan fingerprint density at radius 3 is 3.22 bits per heavy atom. The number of nitrogens with one attached hydrogen (secondary N) is 2. The van der Waals surface area contributed by atoms with Crippen molar-refractivity contribution in [3.05, 3.63) is 6.04 Å². The lowest BCUT2D eigenvalue weighted by molar-refractivity contribution is 0.447. The van der Waals surface area contributed by atoms with Crippen molar-refractivity contribution in [2.75, 3.05) is 13.1 Å². The second-order valence-electron chi connectivity index (χ2n) is 2.85. The molecule has 0 spiro atoms. The molecule has 1 unspecified atom stereocenters. The van der Waals surface area contributed by atoms with Crippen LogP contribution in [0.3, 0.4) is 0 Å². The van der Waals surface area contributed by atoms with Crippen molar-refractivity contribution in [2.24, 2.45) is 0 Å². The van der Waals surface area contributed by atoms with Gasteiger partial charge in [0.1, 0.15) is 0 Å². The van der Waals surface area contributed by atoms with Gasteiger partial charge in [0.15, 0.2) is 0 Å². The summed E-state index contributed by atoms with van der Waals surface area (Å²) in [5, 5.41) is 6.89. The molecule has 0 aromatic heterocycles. The summed E-state index contributed by atoms with van der Waals surface area (Å²) in [7, 11) is 0. The van der Waals surface area contributed by atoms with E-state index in [4.69, 9.17) is 0 Å². The Morgan fingerprint density at radius 2 is 2.33 bits per heavy atom. The molecular weight excluding hydrogens is 112 g/mol. The first kappa shape index (κ1) is 5.69. The highest BCUT2D eigenvalue weighted by Crippen LogP contribution is 2.21. The molecule has 0 aliphatic carbocycles. The van der Waals surface area contributed by atoms with E-state index in [1.54, 1.807) is 6.04 Å². The van der Waals surface area contributed by atoms with Gasteiger partial charge in [0.05, 0.1) is 6.04 Å². The summed E-state index contributed by atoms with van der Waals surface area (Å²) in [5.74, 6) is 0. The van der Waals surface area contributed by atoms with E-state index in [2.05, 4.69) is 10.6 Å². The molecule has 0 bridgehead atoms. The molecule has 2 nitrogen and oxygen atoms in total. The van der Waals surface area contributed by atoms with Gasteiger partial charge in [-0.2, -0.15) is 0 Å². The monoisotopic (exact) mass is 125 g/mol. The van der Waals surface area contributed by atoms with Crippen molar-refractivity contribution in [3.63, 3.8) is 0 Å². The molecule has 0 amide bonds. The second-order valence-corrected chi connectivity index (χ2v) is 2.85. The van der Waals surface area contributed by atoms with Gasteiger partial charge in [-0.1, -0.05) is 0 Å². The minimum absolute atomic E-state index is 0.721. The second kappa shape index (κ2) is 2.27. The minimum atomic E-state index is 0.721. The fraction of sp³-hybridized carbons (Fsp3) is 0.857. The Bertz CT molecular complexity index is 91.1. The largest absolute Gasteiger partial charge is 0.312 e. The third-order valence-corrected chi connectivity index (χ3v) is 2.23. The highest BCUT2D eigenvalue weighted by Gasteiger charge is 2.28. The van der Waals surface area contributed by atoms with Gasteiger partial charge >= 0.3 is 0 Å². The number of piperidine rings is 1. The zero-order valence-corrected chi connectivity index (χ0v) is 5.61. The van der Waals surface area contributed by atoms with E-state index in [0.29, 0.717) is 0 Å². The first-order valence-corrected chi connectivity index (χ1v) is 3.80. The molecule has 0 aromatic carbocycles. The van der Waals surface area contributed by atoms with Crippen molar-refractivity contribution in [2.45, 2.75) is 25.3 Å². The van der Waals surface area contributed by atoms with Crippen molar-refractivity contribution in [3.8, 4) is 0 Å². The molecule has 0 aromatic rings. The Hall–Kier alpha value is -0.0800. The molecule has 2 fully saturated rings. The Morgan fingerprint density at radius 1 is 1.33 bits per heavy atom. The fourth-order valence-corrected chi connectivity index (χ4v) is 1.72. The zero-order chi connectivity index (χ0) is 6.10. The molecule has 0 saturated carbocycles. The van der Waals surface area contributed by atoms with E-state index >= 15 is 0 Å². The normalized spacial score (nSPS) is 36.7.